The molecule has 1 N–H and O–H groups in total. The summed E-state index contributed by atoms with van der Waals surface area (Å²) in [6.07, 6.45) is 3.59. The van der Waals surface area contributed by atoms with Crippen LogP contribution in [0.25, 0.3) is 0 Å². The molecule has 3 aromatic rings. The smallest absolute Gasteiger partial charge is 0.223 e. The maximum absolute atomic E-state index is 5.19. The lowest BCUT2D eigenvalue weighted by molar-refractivity contribution is 0.414. The van der Waals surface area contributed by atoms with E-state index in [1.807, 2.05) is 42.5 Å². The minimum Gasteiger partial charge on any atom is -0.497 e. The van der Waals surface area contributed by atoms with Crippen LogP contribution in [0.1, 0.15) is 16.8 Å². The molecule has 2 aromatic carbocycles. The predicted molar refractivity (Wildman–Crippen MR) is 103 cm³/mol. The molecule has 0 aliphatic carbocycles. The van der Waals surface area contributed by atoms with Crippen LogP contribution in [0.5, 0.6) is 11.5 Å². The zero-order valence-corrected chi connectivity index (χ0v) is 15.1. The fourth-order valence-corrected chi connectivity index (χ4v) is 2.61. The van der Waals surface area contributed by atoms with Crippen molar-refractivity contribution in [3.8, 4) is 11.5 Å². The Balaban J connectivity index is 1.55. The Morgan fingerprint density at radius 2 is 1.38 bits per heavy atom. The zero-order valence-electron chi connectivity index (χ0n) is 15.1. The van der Waals surface area contributed by atoms with Crippen LogP contribution in [0.15, 0.2) is 60.8 Å². The lowest BCUT2D eigenvalue weighted by Crippen LogP contribution is -2.05. The molecule has 0 fully saturated rings. The largest absolute Gasteiger partial charge is 0.497 e. The van der Waals surface area contributed by atoms with Crippen molar-refractivity contribution < 1.29 is 9.47 Å². The van der Waals surface area contributed by atoms with Gasteiger partial charge in [-0.3, -0.25) is 0 Å². The van der Waals surface area contributed by atoms with Crippen LogP contribution >= 0.6 is 0 Å². The van der Waals surface area contributed by atoms with Gasteiger partial charge in [-0.05, 0) is 54.3 Å². The number of ether oxygens (including phenoxy) is 2. The third kappa shape index (κ3) is 4.96. The molecule has 5 nitrogen and oxygen atoms in total. The van der Waals surface area contributed by atoms with Gasteiger partial charge in [-0.2, -0.15) is 0 Å². The van der Waals surface area contributed by atoms with Gasteiger partial charge in [0.25, 0.3) is 0 Å². The Bertz CT molecular complexity index is 751. The molecule has 0 unspecified atom stereocenters. The molecule has 0 radical (unpaired) electrons. The van der Waals surface area contributed by atoms with E-state index >= 15 is 0 Å². The van der Waals surface area contributed by atoms with E-state index in [2.05, 4.69) is 27.4 Å². The second-order valence-corrected chi connectivity index (χ2v) is 5.92. The first-order valence-corrected chi connectivity index (χ1v) is 8.58. The quantitative estimate of drug-likeness (QED) is 0.669. The number of nitrogens with one attached hydrogen (secondary N) is 1. The van der Waals surface area contributed by atoms with Gasteiger partial charge in [-0.1, -0.05) is 24.3 Å². The molecular weight excluding hydrogens is 326 g/mol. The summed E-state index contributed by atoms with van der Waals surface area (Å²) in [5.41, 5.74) is 3.43. The summed E-state index contributed by atoms with van der Waals surface area (Å²) in [4.78, 5) is 8.90. The average molecular weight is 349 g/mol. The fourth-order valence-electron chi connectivity index (χ4n) is 2.61. The number of aromatic nitrogens is 2. The molecule has 0 amide bonds. The van der Waals surface area contributed by atoms with Crippen molar-refractivity contribution in [1.29, 1.82) is 0 Å². The highest BCUT2D eigenvalue weighted by Gasteiger charge is 2.02. The number of hydrogen-bond donors (Lipinski definition) is 1. The molecule has 3 rings (SSSR count). The van der Waals surface area contributed by atoms with Crippen LogP contribution in [-0.2, 0) is 19.4 Å². The highest BCUT2D eigenvalue weighted by molar-refractivity contribution is 5.32. The van der Waals surface area contributed by atoms with Crippen molar-refractivity contribution in [2.45, 2.75) is 19.4 Å². The van der Waals surface area contributed by atoms with Gasteiger partial charge in [0, 0.05) is 18.4 Å². The summed E-state index contributed by atoms with van der Waals surface area (Å²) >= 11 is 0. The molecule has 0 spiro atoms. The van der Waals surface area contributed by atoms with E-state index in [1.54, 1.807) is 20.4 Å². The van der Waals surface area contributed by atoms with Gasteiger partial charge < -0.3 is 14.8 Å². The Labute approximate surface area is 154 Å². The van der Waals surface area contributed by atoms with Crippen LogP contribution in [0.3, 0.4) is 0 Å². The van der Waals surface area contributed by atoms with Crippen LogP contribution < -0.4 is 14.8 Å². The van der Waals surface area contributed by atoms with E-state index in [0.717, 1.165) is 35.6 Å². The lowest BCUT2D eigenvalue weighted by atomic mass is 10.1. The van der Waals surface area contributed by atoms with Crippen LogP contribution in [0.4, 0.5) is 5.95 Å². The zero-order chi connectivity index (χ0) is 18.2. The van der Waals surface area contributed by atoms with Crippen molar-refractivity contribution >= 4 is 5.95 Å². The second-order valence-electron chi connectivity index (χ2n) is 5.92. The Morgan fingerprint density at radius 3 is 2.00 bits per heavy atom. The van der Waals surface area contributed by atoms with Gasteiger partial charge in [-0.15, -0.1) is 0 Å². The second kappa shape index (κ2) is 8.85. The van der Waals surface area contributed by atoms with Gasteiger partial charge in [0.1, 0.15) is 11.5 Å². The molecule has 0 aliphatic heterocycles. The van der Waals surface area contributed by atoms with Gasteiger partial charge in [-0.25, -0.2) is 9.97 Å². The van der Waals surface area contributed by atoms with E-state index in [4.69, 9.17) is 9.47 Å². The SMILES string of the molecule is COc1ccc(CCc2ccnc(NCc3ccc(OC)cc3)n2)cc1. The predicted octanol–water partition coefficient (Wildman–Crippen LogP) is 3.89. The van der Waals surface area contributed by atoms with E-state index in [9.17, 15) is 0 Å². The van der Waals surface area contributed by atoms with E-state index in [-0.39, 0.29) is 0 Å². The number of benzene rings is 2. The third-order valence-corrected chi connectivity index (χ3v) is 4.15. The third-order valence-electron chi connectivity index (χ3n) is 4.15. The van der Waals surface area contributed by atoms with Crippen molar-refractivity contribution in [2.24, 2.45) is 0 Å². The van der Waals surface area contributed by atoms with Gasteiger partial charge >= 0.3 is 0 Å². The normalized spacial score (nSPS) is 10.4. The van der Waals surface area contributed by atoms with Crippen molar-refractivity contribution in [3.63, 3.8) is 0 Å². The monoisotopic (exact) mass is 349 g/mol. The van der Waals surface area contributed by atoms with Gasteiger partial charge in [0.05, 0.1) is 14.2 Å². The molecule has 1 heterocycles. The number of anilines is 1. The minimum atomic E-state index is 0.646. The molecule has 0 saturated carbocycles. The van der Waals surface area contributed by atoms with E-state index in [0.29, 0.717) is 12.5 Å². The molecule has 0 aliphatic rings. The Morgan fingerprint density at radius 1 is 0.769 bits per heavy atom. The number of rotatable bonds is 8. The molecule has 0 bridgehead atoms. The Kier molecular flexibility index (Phi) is 6.04. The summed E-state index contributed by atoms with van der Waals surface area (Å²) in [7, 11) is 3.34. The van der Waals surface area contributed by atoms with Crippen molar-refractivity contribution in [1.82, 2.24) is 9.97 Å². The Hall–Kier alpha value is -3.08. The topological polar surface area (TPSA) is 56.3 Å². The van der Waals surface area contributed by atoms with Crippen molar-refractivity contribution in [3.05, 3.63) is 77.6 Å². The first kappa shape index (κ1) is 17.7. The molecule has 0 saturated heterocycles. The standard InChI is InChI=1S/C21H23N3O2/c1-25-19-9-4-16(5-10-19)3-8-18-13-14-22-21(24-18)23-15-17-6-11-20(26-2)12-7-17/h4-7,9-14H,3,8,15H2,1-2H3,(H,22,23,24). The maximum atomic E-state index is 5.19. The van der Waals surface area contributed by atoms with Crippen molar-refractivity contribution in [2.75, 3.05) is 19.5 Å². The molecule has 5 heteroatoms. The molecule has 1 aromatic heterocycles. The average Bonchev–Trinajstić information content (AvgIpc) is 2.72. The number of aryl methyl sites for hydroxylation is 2. The van der Waals surface area contributed by atoms with E-state index < -0.39 is 0 Å². The summed E-state index contributed by atoms with van der Waals surface area (Å²) < 4.78 is 10.4. The summed E-state index contributed by atoms with van der Waals surface area (Å²) in [6.45, 7) is 0.673. The first-order chi connectivity index (χ1) is 12.8. The lowest BCUT2D eigenvalue weighted by Gasteiger charge is -2.08. The van der Waals surface area contributed by atoms with Crippen LogP contribution in [-0.4, -0.2) is 24.2 Å². The number of nitrogens with zero attached hydrogens (tertiary/aromatic N) is 2. The highest BCUT2D eigenvalue weighted by atomic mass is 16.5. The van der Waals surface area contributed by atoms with E-state index in [1.165, 1.54) is 5.56 Å². The first-order valence-electron chi connectivity index (χ1n) is 8.58. The molecule has 134 valence electrons. The summed E-state index contributed by atoms with van der Waals surface area (Å²) in [5, 5.41) is 3.27. The van der Waals surface area contributed by atoms with Gasteiger partial charge in [0.15, 0.2) is 0 Å². The van der Waals surface area contributed by atoms with Crippen LogP contribution in [0.2, 0.25) is 0 Å². The van der Waals surface area contributed by atoms with Gasteiger partial charge in [0.2, 0.25) is 5.95 Å². The number of methoxy groups -OCH3 is 2. The fraction of sp³-hybridized carbons (Fsp3) is 0.238. The molecular formula is C21H23N3O2. The highest BCUT2D eigenvalue weighted by Crippen LogP contribution is 2.14. The summed E-state index contributed by atoms with van der Waals surface area (Å²) in [5.74, 6) is 2.37. The van der Waals surface area contributed by atoms with Crippen LogP contribution in [0, 0.1) is 0 Å². The maximum Gasteiger partial charge on any atom is 0.223 e. The minimum absolute atomic E-state index is 0.646. The molecule has 26 heavy (non-hydrogen) atoms. The molecule has 0 atom stereocenters. The number of hydrogen-bond acceptors (Lipinski definition) is 5. The summed E-state index contributed by atoms with van der Waals surface area (Å²) in [6, 6.07) is 18.0.